The van der Waals surface area contributed by atoms with E-state index in [0.29, 0.717) is 23.4 Å². The molecule has 0 aliphatic rings. The van der Waals surface area contributed by atoms with Crippen molar-refractivity contribution in [2.45, 2.75) is 0 Å². The van der Waals surface area contributed by atoms with Crippen LogP contribution in [-0.4, -0.2) is 19.9 Å². The van der Waals surface area contributed by atoms with Crippen molar-refractivity contribution < 1.29 is 4.42 Å². The number of hydrogen-bond acceptors (Lipinski definition) is 6. The third-order valence-electron chi connectivity index (χ3n) is 9.14. The fourth-order valence-corrected chi connectivity index (χ4v) is 8.01. The maximum Gasteiger partial charge on any atom is 0.227 e. The van der Waals surface area contributed by atoms with Crippen LogP contribution in [0.1, 0.15) is 0 Å². The van der Waals surface area contributed by atoms with Gasteiger partial charge in [0.25, 0.3) is 0 Å². The summed E-state index contributed by atoms with van der Waals surface area (Å²) >= 11 is 1.78. The summed E-state index contributed by atoms with van der Waals surface area (Å²) in [4.78, 5) is 20.2. The number of oxazole rings is 1. The predicted octanol–water partition coefficient (Wildman–Crippen LogP) is 11.9. The monoisotopic (exact) mass is 658 g/mol. The molecule has 5 nitrogen and oxygen atoms in total. The topological polar surface area (TPSA) is 64.7 Å². The van der Waals surface area contributed by atoms with Crippen molar-refractivity contribution in [3.05, 3.63) is 158 Å². The van der Waals surface area contributed by atoms with Crippen LogP contribution in [0.2, 0.25) is 0 Å². The molecule has 0 aliphatic carbocycles. The lowest BCUT2D eigenvalue weighted by atomic mass is 9.95. The average molecular weight is 659 g/mol. The van der Waals surface area contributed by atoms with Crippen LogP contribution >= 0.6 is 11.3 Å². The maximum absolute atomic E-state index is 6.57. The molecule has 0 N–H and O–H groups in total. The van der Waals surface area contributed by atoms with Gasteiger partial charge in [-0.15, -0.1) is 11.3 Å². The molecule has 0 unspecified atom stereocenters. The fourth-order valence-electron chi connectivity index (χ4n) is 6.77. The van der Waals surface area contributed by atoms with Gasteiger partial charge in [-0.2, -0.15) is 0 Å². The summed E-state index contributed by atoms with van der Waals surface area (Å²) in [6, 6.07) is 53.9. The number of hydrogen-bond donors (Lipinski definition) is 0. The second-order valence-corrected chi connectivity index (χ2v) is 13.3. The second-order valence-electron chi connectivity index (χ2n) is 12.2. The predicted molar refractivity (Wildman–Crippen MR) is 205 cm³/mol. The molecule has 6 heteroatoms. The molecule has 3 heterocycles. The van der Waals surface area contributed by atoms with Gasteiger partial charge < -0.3 is 4.42 Å². The highest BCUT2D eigenvalue weighted by Crippen LogP contribution is 2.46. The van der Waals surface area contributed by atoms with E-state index in [1.54, 1.807) is 11.3 Å². The molecule has 3 aromatic heterocycles. The van der Waals surface area contributed by atoms with Gasteiger partial charge in [-0.05, 0) is 52.7 Å². The molecular weight excluding hydrogens is 633 g/mol. The molecular formula is C44H26N4OS. The molecule has 0 spiro atoms. The first kappa shape index (κ1) is 28.5. The molecule has 0 radical (unpaired) electrons. The minimum Gasteiger partial charge on any atom is -0.435 e. The Morgan fingerprint density at radius 2 is 1.02 bits per heavy atom. The Kier molecular flexibility index (Phi) is 6.60. The lowest BCUT2D eigenvalue weighted by Crippen LogP contribution is -2.00. The highest BCUT2D eigenvalue weighted by atomic mass is 32.1. The molecule has 10 aromatic rings. The molecule has 10 rings (SSSR count). The van der Waals surface area contributed by atoms with Crippen LogP contribution in [0.5, 0.6) is 0 Å². The Hall–Kier alpha value is -6.50. The summed E-state index contributed by atoms with van der Waals surface area (Å²) in [6.45, 7) is 0. The Bertz CT molecular complexity index is 2810. The minimum atomic E-state index is 0.612. The molecule has 50 heavy (non-hydrogen) atoms. The second kappa shape index (κ2) is 11.6. The van der Waals surface area contributed by atoms with E-state index in [-0.39, 0.29) is 0 Å². The molecule has 0 saturated heterocycles. The van der Waals surface area contributed by atoms with Gasteiger partial charge in [-0.1, -0.05) is 121 Å². The van der Waals surface area contributed by atoms with Crippen molar-refractivity contribution in [1.29, 1.82) is 0 Å². The smallest absolute Gasteiger partial charge is 0.227 e. The van der Waals surface area contributed by atoms with Crippen LogP contribution in [0, 0.1) is 0 Å². The normalized spacial score (nSPS) is 11.6. The molecule has 0 aliphatic heterocycles. The van der Waals surface area contributed by atoms with Crippen LogP contribution in [0.25, 0.3) is 98.8 Å². The standard InChI is InChI=1S/C44H26N4OS/c1-4-14-27(15-5-1)41-46-42(28-16-6-2-7-17-28)48-43(47-41)35-25-31(24-30-20-10-11-21-32(30)35)34-26-36-39(49-44(45-36)29-18-8-3-9-19-29)38-33-22-12-13-23-37(33)50-40(34)38/h1-26H. The van der Waals surface area contributed by atoms with Crippen molar-refractivity contribution in [3.8, 4) is 56.7 Å². The molecule has 0 saturated carbocycles. The minimum absolute atomic E-state index is 0.612. The first-order chi connectivity index (χ1) is 24.8. The van der Waals surface area contributed by atoms with Crippen molar-refractivity contribution in [1.82, 2.24) is 19.9 Å². The molecule has 0 fully saturated rings. The number of aromatic nitrogens is 4. The van der Waals surface area contributed by atoms with Gasteiger partial charge >= 0.3 is 0 Å². The average Bonchev–Trinajstić information content (AvgIpc) is 3.80. The molecule has 0 bridgehead atoms. The van der Waals surface area contributed by atoms with Crippen molar-refractivity contribution in [2.75, 3.05) is 0 Å². The highest BCUT2D eigenvalue weighted by molar-refractivity contribution is 7.26. The van der Waals surface area contributed by atoms with E-state index in [4.69, 9.17) is 24.4 Å². The zero-order valence-electron chi connectivity index (χ0n) is 26.6. The molecule has 234 valence electrons. The molecule has 0 amide bonds. The number of nitrogens with zero attached hydrogens (tertiary/aromatic N) is 4. The van der Waals surface area contributed by atoms with E-state index in [0.717, 1.165) is 70.7 Å². The summed E-state index contributed by atoms with van der Waals surface area (Å²) in [6.07, 6.45) is 0. The van der Waals surface area contributed by atoms with Crippen molar-refractivity contribution in [2.24, 2.45) is 0 Å². The zero-order chi connectivity index (χ0) is 33.0. The van der Waals surface area contributed by atoms with Crippen LogP contribution < -0.4 is 0 Å². The van der Waals surface area contributed by atoms with Crippen molar-refractivity contribution >= 4 is 53.4 Å². The van der Waals surface area contributed by atoms with E-state index in [9.17, 15) is 0 Å². The van der Waals surface area contributed by atoms with Crippen LogP contribution in [0.15, 0.2) is 162 Å². The summed E-state index contributed by atoms with van der Waals surface area (Å²) in [5.41, 5.74) is 7.54. The Balaban J connectivity index is 1.26. The van der Waals surface area contributed by atoms with Gasteiger partial charge in [0.2, 0.25) is 5.89 Å². The van der Waals surface area contributed by atoms with Gasteiger partial charge in [0, 0.05) is 48.0 Å². The number of rotatable bonds is 5. The Morgan fingerprint density at radius 1 is 0.440 bits per heavy atom. The van der Waals surface area contributed by atoms with Crippen LogP contribution in [0.3, 0.4) is 0 Å². The number of thiophene rings is 1. The van der Waals surface area contributed by atoms with E-state index in [2.05, 4.69) is 66.7 Å². The first-order valence-electron chi connectivity index (χ1n) is 16.5. The quantitative estimate of drug-likeness (QED) is 0.184. The Labute approximate surface area is 291 Å². The van der Waals surface area contributed by atoms with Crippen LogP contribution in [0.4, 0.5) is 0 Å². The summed E-state index contributed by atoms with van der Waals surface area (Å²) in [5.74, 6) is 2.50. The lowest BCUT2D eigenvalue weighted by Gasteiger charge is -2.13. The Morgan fingerprint density at radius 3 is 1.72 bits per heavy atom. The highest BCUT2D eigenvalue weighted by Gasteiger charge is 2.21. The zero-order valence-corrected chi connectivity index (χ0v) is 27.4. The van der Waals surface area contributed by atoms with Gasteiger partial charge in [0.1, 0.15) is 5.52 Å². The lowest BCUT2D eigenvalue weighted by molar-refractivity contribution is 0.623. The van der Waals surface area contributed by atoms with E-state index >= 15 is 0 Å². The molecule has 7 aromatic carbocycles. The summed E-state index contributed by atoms with van der Waals surface area (Å²) < 4.78 is 8.92. The maximum atomic E-state index is 6.57. The van der Waals surface area contributed by atoms with Gasteiger partial charge in [-0.25, -0.2) is 19.9 Å². The third kappa shape index (κ3) is 4.77. The molecule has 0 atom stereocenters. The number of fused-ring (bicyclic) bond motifs is 6. The van der Waals surface area contributed by atoms with Crippen LogP contribution in [-0.2, 0) is 0 Å². The van der Waals surface area contributed by atoms with Gasteiger partial charge in [0.15, 0.2) is 23.1 Å². The van der Waals surface area contributed by atoms with E-state index in [1.807, 2.05) is 91.0 Å². The fraction of sp³-hybridized carbons (Fsp3) is 0. The summed E-state index contributed by atoms with van der Waals surface area (Å²) in [5, 5.41) is 4.42. The van der Waals surface area contributed by atoms with Gasteiger partial charge in [-0.3, -0.25) is 0 Å². The summed E-state index contributed by atoms with van der Waals surface area (Å²) in [7, 11) is 0. The van der Waals surface area contributed by atoms with E-state index in [1.165, 1.54) is 4.70 Å². The largest absolute Gasteiger partial charge is 0.435 e. The number of benzene rings is 7. The SMILES string of the molecule is c1ccc(-c2nc(-c3ccccc3)nc(-c3cc(-c4cc5nc(-c6ccccc6)oc5c5c4sc4ccccc45)cc4ccccc34)n2)cc1. The first-order valence-corrected chi connectivity index (χ1v) is 17.3. The van der Waals surface area contributed by atoms with E-state index < -0.39 is 0 Å². The van der Waals surface area contributed by atoms with Crippen molar-refractivity contribution in [3.63, 3.8) is 0 Å². The third-order valence-corrected chi connectivity index (χ3v) is 10.3. The van der Waals surface area contributed by atoms with Gasteiger partial charge in [0.05, 0.1) is 0 Å².